The summed E-state index contributed by atoms with van der Waals surface area (Å²) in [6.45, 7) is 3.59. The number of carbonyl (C=O) groups excluding carboxylic acids is 2. The van der Waals surface area contributed by atoms with Crippen molar-refractivity contribution in [2.24, 2.45) is 5.73 Å². The topological polar surface area (TPSA) is 110 Å². The van der Waals surface area contributed by atoms with Crippen LogP contribution in [-0.4, -0.2) is 43.2 Å². The van der Waals surface area contributed by atoms with Crippen LogP contribution < -0.4 is 21.3 Å². The number of morpholine rings is 1. The van der Waals surface area contributed by atoms with Crippen molar-refractivity contribution in [3.05, 3.63) is 59.3 Å². The molecule has 1 aliphatic heterocycles. The van der Waals surface area contributed by atoms with Crippen LogP contribution in [0.1, 0.15) is 21.5 Å². The molecule has 8 nitrogen and oxygen atoms in total. The van der Waals surface area contributed by atoms with Crippen molar-refractivity contribution < 1.29 is 14.3 Å². The first-order valence-corrected chi connectivity index (χ1v) is 8.80. The lowest BCUT2D eigenvalue weighted by molar-refractivity contribution is 0.1000. The minimum Gasteiger partial charge on any atom is -0.378 e. The van der Waals surface area contributed by atoms with Crippen LogP contribution in [0.15, 0.2) is 42.6 Å². The molecule has 3 amide bonds. The maximum absolute atomic E-state index is 12.1. The van der Waals surface area contributed by atoms with Crippen LogP contribution >= 0.6 is 0 Å². The van der Waals surface area contributed by atoms with Crippen LogP contribution in [0.3, 0.4) is 0 Å². The molecule has 0 radical (unpaired) electrons. The van der Waals surface area contributed by atoms with Gasteiger partial charge in [0.05, 0.1) is 13.2 Å². The van der Waals surface area contributed by atoms with E-state index in [4.69, 9.17) is 10.5 Å². The number of nitrogens with zero attached hydrogens (tertiary/aromatic N) is 2. The summed E-state index contributed by atoms with van der Waals surface area (Å²) in [6, 6.07) is 10.4. The Kier molecular flexibility index (Phi) is 6.22. The van der Waals surface area contributed by atoms with Gasteiger partial charge in [-0.3, -0.25) is 4.79 Å². The summed E-state index contributed by atoms with van der Waals surface area (Å²) >= 11 is 0. The molecule has 142 valence electrons. The molecule has 4 N–H and O–H groups in total. The number of amides is 3. The number of benzene rings is 1. The van der Waals surface area contributed by atoms with E-state index in [2.05, 4.69) is 20.5 Å². The van der Waals surface area contributed by atoms with Gasteiger partial charge in [-0.05, 0) is 23.8 Å². The first-order chi connectivity index (χ1) is 13.1. The van der Waals surface area contributed by atoms with E-state index in [1.165, 1.54) is 0 Å². The second-order valence-corrected chi connectivity index (χ2v) is 6.19. The standard InChI is InChI=1S/C19H23N5O3/c20-17(25)15-4-1-3-14(11-15)12-22-19(26)23-13-16-5-2-6-21-18(16)24-7-9-27-10-8-24/h1-6,11H,7-10,12-13H2,(H2,20,25)(H2,22,23,26). The van der Waals surface area contributed by atoms with Gasteiger partial charge in [0.25, 0.3) is 0 Å². The Morgan fingerprint density at radius 2 is 1.89 bits per heavy atom. The quantitative estimate of drug-likeness (QED) is 0.704. The fourth-order valence-electron chi connectivity index (χ4n) is 2.88. The van der Waals surface area contributed by atoms with Crippen LogP contribution in [0.4, 0.5) is 10.6 Å². The third-order valence-electron chi connectivity index (χ3n) is 4.28. The van der Waals surface area contributed by atoms with Gasteiger partial charge in [0, 0.05) is 43.5 Å². The van der Waals surface area contributed by atoms with E-state index in [-0.39, 0.29) is 6.03 Å². The molecule has 2 heterocycles. The molecule has 1 aromatic carbocycles. The van der Waals surface area contributed by atoms with Gasteiger partial charge in [0.2, 0.25) is 5.91 Å². The Hall–Kier alpha value is -3.13. The molecule has 0 aliphatic carbocycles. The lowest BCUT2D eigenvalue weighted by atomic mass is 10.1. The highest BCUT2D eigenvalue weighted by Gasteiger charge is 2.16. The average Bonchev–Trinajstić information content (AvgIpc) is 2.72. The Bertz CT molecular complexity index is 805. The molecular weight excluding hydrogens is 346 g/mol. The SMILES string of the molecule is NC(=O)c1cccc(CNC(=O)NCc2cccnc2N2CCOCC2)c1. The molecule has 0 unspecified atom stereocenters. The lowest BCUT2D eigenvalue weighted by Crippen LogP contribution is -2.38. The number of aromatic nitrogens is 1. The van der Waals surface area contributed by atoms with Crippen molar-refractivity contribution in [3.63, 3.8) is 0 Å². The number of hydrogen-bond donors (Lipinski definition) is 3. The summed E-state index contributed by atoms with van der Waals surface area (Å²) in [5.74, 6) is 0.379. The maximum Gasteiger partial charge on any atom is 0.315 e. The molecule has 0 spiro atoms. The van der Waals surface area contributed by atoms with E-state index in [9.17, 15) is 9.59 Å². The fraction of sp³-hybridized carbons (Fsp3) is 0.316. The van der Waals surface area contributed by atoms with Crippen LogP contribution in [0, 0.1) is 0 Å². The fourth-order valence-corrected chi connectivity index (χ4v) is 2.88. The molecule has 2 aromatic rings. The lowest BCUT2D eigenvalue weighted by Gasteiger charge is -2.29. The summed E-state index contributed by atoms with van der Waals surface area (Å²) < 4.78 is 5.38. The van der Waals surface area contributed by atoms with Crippen molar-refractivity contribution in [2.45, 2.75) is 13.1 Å². The van der Waals surface area contributed by atoms with Crippen molar-refractivity contribution in [3.8, 4) is 0 Å². The molecule has 1 aromatic heterocycles. The Morgan fingerprint density at radius 1 is 1.11 bits per heavy atom. The Morgan fingerprint density at radius 3 is 2.67 bits per heavy atom. The van der Waals surface area contributed by atoms with Gasteiger partial charge >= 0.3 is 6.03 Å². The summed E-state index contributed by atoms with van der Waals surface area (Å²) in [5.41, 5.74) is 7.44. The van der Waals surface area contributed by atoms with Crippen LogP contribution in [-0.2, 0) is 17.8 Å². The largest absolute Gasteiger partial charge is 0.378 e. The third kappa shape index (κ3) is 5.18. The zero-order chi connectivity index (χ0) is 19.1. The van der Waals surface area contributed by atoms with Crippen LogP contribution in [0.2, 0.25) is 0 Å². The molecule has 3 rings (SSSR count). The molecule has 0 atom stereocenters. The van der Waals surface area contributed by atoms with Crippen LogP contribution in [0.5, 0.6) is 0 Å². The molecule has 0 saturated carbocycles. The van der Waals surface area contributed by atoms with Crippen molar-refractivity contribution >= 4 is 17.8 Å². The number of pyridine rings is 1. The number of ether oxygens (including phenoxy) is 1. The summed E-state index contributed by atoms with van der Waals surface area (Å²) in [6.07, 6.45) is 1.75. The number of anilines is 1. The molecule has 8 heteroatoms. The number of primary amides is 1. The van der Waals surface area contributed by atoms with Crippen molar-refractivity contribution in [2.75, 3.05) is 31.2 Å². The predicted octanol–water partition coefficient (Wildman–Crippen LogP) is 1.02. The first-order valence-electron chi connectivity index (χ1n) is 8.80. The second kappa shape index (κ2) is 9.00. The highest BCUT2D eigenvalue weighted by molar-refractivity contribution is 5.92. The van der Waals surface area contributed by atoms with Gasteiger partial charge in [-0.25, -0.2) is 9.78 Å². The second-order valence-electron chi connectivity index (χ2n) is 6.19. The predicted molar refractivity (Wildman–Crippen MR) is 101 cm³/mol. The van der Waals surface area contributed by atoms with E-state index in [1.54, 1.807) is 24.4 Å². The third-order valence-corrected chi connectivity index (χ3v) is 4.28. The molecule has 1 saturated heterocycles. The van der Waals surface area contributed by atoms with Gasteiger partial charge in [0.15, 0.2) is 0 Å². The summed E-state index contributed by atoms with van der Waals surface area (Å²) in [7, 11) is 0. The Labute approximate surface area is 157 Å². The molecule has 1 aliphatic rings. The Balaban J connectivity index is 1.54. The minimum absolute atomic E-state index is 0.295. The van der Waals surface area contributed by atoms with Crippen molar-refractivity contribution in [1.29, 1.82) is 0 Å². The maximum atomic E-state index is 12.1. The number of nitrogens with two attached hydrogens (primary N) is 1. The van der Waals surface area contributed by atoms with E-state index in [0.29, 0.717) is 31.9 Å². The van der Waals surface area contributed by atoms with Gasteiger partial charge in [-0.15, -0.1) is 0 Å². The minimum atomic E-state index is -0.492. The number of rotatable bonds is 6. The van der Waals surface area contributed by atoms with Crippen LogP contribution in [0.25, 0.3) is 0 Å². The smallest absolute Gasteiger partial charge is 0.315 e. The zero-order valence-electron chi connectivity index (χ0n) is 15.0. The van der Waals surface area contributed by atoms with Gasteiger partial charge in [-0.2, -0.15) is 0 Å². The van der Waals surface area contributed by atoms with Crippen molar-refractivity contribution in [1.82, 2.24) is 15.6 Å². The molecular formula is C19H23N5O3. The van der Waals surface area contributed by atoms with E-state index in [1.807, 2.05) is 18.2 Å². The van der Waals surface area contributed by atoms with E-state index in [0.717, 1.165) is 30.0 Å². The zero-order valence-corrected chi connectivity index (χ0v) is 15.0. The average molecular weight is 369 g/mol. The normalized spacial score (nSPS) is 13.9. The number of hydrogen-bond acceptors (Lipinski definition) is 5. The summed E-state index contributed by atoms with van der Waals surface area (Å²) in [5, 5.41) is 5.62. The highest BCUT2D eigenvalue weighted by atomic mass is 16.5. The van der Waals surface area contributed by atoms with Gasteiger partial charge in [-0.1, -0.05) is 18.2 Å². The monoisotopic (exact) mass is 369 g/mol. The summed E-state index contributed by atoms with van der Waals surface area (Å²) in [4.78, 5) is 30.0. The number of carbonyl (C=O) groups is 2. The first kappa shape index (κ1) is 18.7. The molecule has 0 bridgehead atoms. The molecule has 27 heavy (non-hydrogen) atoms. The highest BCUT2D eigenvalue weighted by Crippen LogP contribution is 2.18. The van der Waals surface area contributed by atoms with Gasteiger partial charge in [0.1, 0.15) is 5.82 Å². The van der Waals surface area contributed by atoms with Gasteiger partial charge < -0.3 is 26.0 Å². The van der Waals surface area contributed by atoms with E-state index >= 15 is 0 Å². The van der Waals surface area contributed by atoms with E-state index < -0.39 is 5.91 Å². The molecule has 1 fully saturated rings. The number of urea groups is 1. The number of nitrogens with one attached hydrogen (secondary N) is 2.